The van der Waals surface area contributed by atoms with E-state index >= 15 is 0 Å². The molecular weight excluding hydrogens is 400 g/mol. The number of aromatic nitrogens is 4. The lowest BCUT2D eigenvalue weighted by Gasteiger charge is -2.22. The van der Waals surface area contributed by atoms with Crippen LogP contribution in [0.15, 0.2) is 48.8 Å². The minimum atomic E-state index is 0.000354. The van der Waals surface area contributed by atoms with Crippen LogP contribution in [-0.4, -0.2) is 39.2 Å². The van der Waals surface area contributed by atoms with Crippen molar-refractivity contribution in [3.63, 3.8) is 0 Å². The van der Waals surface area contributed by atoms with Gasteiger partial charge in [0.25, 0.3) is 0 Å². The molecule has 0 spiro atoms. The van der Waals surface area contributed by atoms with Crippen LogP contribution in [0.4, 0.5) is 0 Å². The Morgan fingerprint density at radius 2 is 2.16 bits per heavy atom. The Hall–Kier alpha value is -3.45. The molecule has 3 aromatic heterocycles. The molecule has 164 valence electrons. The zero-order valence-electron chi connectivity index (χ0n) is 18.2. The molecule has 1 aromatic carbocycles. The van der Waals surface area contributed by atoms with Gasteiger partial charge in [-0.1, -0.05) is 12.1 Å². The highest BCUT2D eigenvalue weighted by Crippen LogP contribution is 2.37. The van der Waals surface area contributed by atoms with E-state index in [4.69, 9.17) is 0 Å². The van der Waals surface area contributed by atoms with Crippen molar-refractivity contribution in [1.29, 1.82) is 0 Å². The summed E-state index contributed by atoms with van der Waals surface area (Å²) in [6.07, 6.45) is 6.93. The molecule has 1 unspecified atom stereocenters. The Bertz CT molecular complexity index is 1230. The van der Waals surface area contributed by atoms with Gasteiger partial charge in [-0.05, 0) is 60.6 Å². The van der Waals surface area contributed by atoms with Gasteiger partial charge in [0, 0.05) is 61.1 Å². The van der Waals surface area contributed by atoms with E-state index in [1.807, 2.05) is 18.5 Å². The molecule has 32 heavy (non-hydrogen) atoms. The number of H-pyrrole nitrogens is 2. The van der Waals surface area contributed by atoms with Crippen LogP contribution in [-0.2, 0) is 24.2 Å². The molecule has 1 aliphatic rings. The lowest BCUT2D eigenvalue weighted by Crippen LogP contribution is -2.29. The highest BCUT2D eigenvalue weighted by molar-refractivity contribution is 5.86. The Morgan fingerprint density at radius 1 is 1.22 bits per heavy atom. The lowest BCUT2D eigenvalue weighted by atomic mass is 9.82. The monoisotopic (exact) mass is 428 g/mol. The molecule has 1 aliphatic carbocycles. The molecule has 0 saturated heterocycles. The van der Waals surface area contributed by atoms with Crippen LogP contribution in [0.2, 0.25) is 0 Å². The Labute approximate surface area is 187 Å². The topological polar surface area (TPSA) is 98.5 Å². The molecule has 1 atom stereocenters. The van der Waals surface area contributed by atoms with Crippen LogP contribution in [0, 0.1) is 0 Å². The minimum Gasteiger partial charge on any atom is -0.355 e. The average molecular weight is 429 g/mol. The summed E-state index contributed by atoms with van der Waals surface area (Å²) in [6.45, 7) is 3.68. The largest absolute Gasteiger partial charge is 0.355 e. The first kappa shape index (κ1) is 20.5. The van der Waals surface area contributed by atoms with Crippen LogP contribution in [0.25, 0.3) is 22.3 Å². The zero-order chi connectivity index (χ0) is 21.9. The SMILES string of the molecule is CC(=O)NCCNCc1ccc2[nH]c(-c3n[nH]c4c3CC(c3cccnc3)CC4)cc2c1. The lowest BCUT2D eigenvalue weighted by molar-refractivity contribution is -0.118. The number of rotatable bonds is 7. The van der Waals surface area contributed by atoms with Gasteiger partial charge in [-0.3, -0.25) is 14.9 Å². The maximum atomic E-state index is 11.0. The van der Waals surface area contributed by atoms with Gasteiger partial charge in [0.05, 0.1) is 5.69 Å². The van der Waals surface area contributed by atoms with Crippen molar-refractivity contribution in [3.05, 3.63) is 71.2 Å². The maximum Gasteiger partial charge on any atom is 0.216 e. The zero-order valence-corrected chi connectivity index (χ0v) is 18.2. The van der Waals surface area contributed by atoms with Crippen LogP contribution >= 0.6 is 0 Å². The van der Waals surface area contributed by atoms with E-state index in [1.54, 1.807) is 0 Å². The van der Waals surface area contributed by atoms with Crippen LogP contribution in [0.3, 0.4) is 0 Å². The summed E-state index contributed by atoms with van der Waals surface area (Å²) < 4.78 is 0. The fourth-order valence-corrected chi connectivity index (χ4v) is 4.60. The van der Waals surface area contributed by atoms with Gasteiger partial charge in [0.2, 0.25) is 5.91 Å². The van der Waals surface area contributed by atoms with E-state index in [-0.39, 0.29) is 5.91 Å². The van der Waals surface area contributed by atoms with Crippen LogP contribution in [0.1, 0.15) is 41.6 Å². The molecular formula is C25H28N6O. The summed E-state index contributed by atoms with van der Waals surface area (Å²) in [5, 5.41) is 15.3. The van der Waals surface area contributed by atoms with Crippen LogP contribution in [0.5, 0.6) is 0 Å². The van der Waals surface area contributed by atoms with Crippen molar-refractivity contribution in [3.8, 4) is 11.4 Å². The highest BCUT2D eigenvalue weighted by atomic mass is 16.1. The van der Waals surface area contributed by atoms with Crippen LogP contribution < -0.4 is 10.6 Å². The van der Waals surface area contributed by atoms with E-state index in [9.17, 15) is 4.79 Å². The van der Waals surface area contributed by atoms with E-state index < -0.39 is 0 Å². The first-order chi connectivity index (χ1) is 15.7. The molecule has 3 heterocycles. The summed E-state index contributed by atoms with van der Waals surface area (Å²) >= 11 is 0. The molecule has 7 nitrogen and oxygen atoms in total. The number of carbonyl (C=O) groups is 1. The second-order valence-corrected chi connectivity index (χ2v) is 8.52. The Morgan fingerprint density at radius 3 is 3.00 bits per heavy atom. The number of amides is 1. The number of aromatic amines is 2. The van der Waals surface area contributed by atoms with E-state index in [1.165, 1.54) is 34.7 Å². The van der Waals surface area contributed by atoms with Gasteiger partial charge >= 0.3 is 0 Å². The maximum absolute atomic E-state index is 11.0. The predicted molar refractivity (Wildman–Crippen MR) is 125 cm³/mol. The summed E-state index contributed by atoms with van der Waals surface area (Å²) in [6, 6.07) is 12.9. The number of aryl methyl sites for hydroxylation is 1. The Kier molecular flexibility index (Phi) is 5.73. The number of fused-ring (bicyclic) bond motifs is 2. The summed E-state index contributed by atoms with van der Waals surface area (Å²) in [7, 11) is 0. The third-order valence-electron chi connectivity index (χ3n) is 6.25. The van der Waals surface area contributed by atoms with E-state index in [0.717, 1.165) is 49.3 Å². The van der Waals surface area contributed by atoms with Gasteiger partial charge in [-0.2, -0.15) is 5.10 Å². The molecule has 4 aromatic rings. The number of nitrogens with one attached hydrogen (secondary N) is 4. The number of benzene rings is 1. The third kappa shape index (κ3) is 4.29. The van der Waals surface area contributed by atoms with Gasteiger partial charge in [0.15, 0.2) is 0 Å². The number of nitrogens with zero attached hydrogens (tertiary/aromatic N) is 2. The van der Waals surface area contributed by atoms with Crippen molar-refractivity contribution in [2.45, 2.75) is 38.6 Å². The van der Waals surface area contributed by atoms with Crippen molar-refractivity contribution >= 4 is 16.8 Å². The summed E-state index contributed by atoms with van der Waals surface area (Å²) in [4.78, 5) is 18.8. The van der Waals surface area contributed by atoms with Crippen molar-refractivity contribution in [2.75, 3.05) is 13.1 Å². The fraction of sp³-hybridized carbons (Fsp3) is 0.320. The van der Waals surface area contributed by atoms with Crippen molar-refractivity contribution < 1.29 is 4.79 Å². The first-order valence-corrected chi connectivity index (χ1v) is 11.2. The minimum absolute atomic E-state index is 0.000354. The van der Waals surface area contributed by atoms with E-state index in [0.29, 0.717) is 12.5 Å². The van der Waals surface area contributed by atoms with Crippen molar-refractivity contribution in [2.24, 2.45) is 0 Å². The molecule has 0 bridgehead atoms. The average Bonchev–Trinajstić information content (AvgIpc) is 3.42. The normalized spacial score (nSPS) is 15.6. The molecule has 1 amide bonds. The van der Waals surface area contributed by atoms with E-state index in [2.05, 4.69) is 61.1 Å². The van der Waals surface area contributed by atoms with Gasteiger partial charge in [-0.25, -0.2) is 0 Å². The third-order valence-corrected chi connectivity index (χ3v) is 6.25. The number of hydrogen-bond acceptors (Lipinski definition) is 4. The Balaban J connectivity index is 1.33. The summed E-state index contributed by atoms with van der Waals surface area (Å²) in [5.41, 5.74) is 8.28. The molecule has 7 heteroatoms. The highest BCUT2D eigenvalue weighted by Gasteiger charge is 2.26. The molecule has 0 fully saturated rings. The number of hydrogen-bond donors (Lipinski definition) is 4. The smallest absolute Gasteiger partial charge is 0.216 e. The van der Waals surface area contributed by atoms with Gasteiger partial charge in [0.1, 0.15) is 5.69 Å². The molecule has 0 radical (unpaired) electrons. The summed E-state index contributed by atoms with van der Waals surface area (Å²) in [5.74, 6) is 0.479. The molecule has 0 saturated carbocycles. The van der Waals surface area contributed by atoms with Gasteiger partial charge in [-0.15, -0.1) is 0 Å². The predicted octanol–water partition coefficient (Wildman–Crippen LogP) is 3.45. The quantitative estimate of drug-likeness (QED) is 0.339. The first-order valence-electron chi connectivity index (χ1n) is 11.2. The van der Waals surface area contributed by atoms with Gasteiger partial charge < -0.3 is 15.6 Å². The fourth-order valence-electron chi connectivity index (χ4n) is 4.60. The number of pyridine rings is 1. The molecule has 0 aliphatic heterocycles. The number of carbonyl (C=O) groups excluding carboxylic acids is 1. The molecule has 5 rings (SSSR count). The van der Waals surface area contributed by atoms with Crippen molar-refractivity contribution in [1.82, 2.24) is 30.8 Å². The molecule has 4 N–H and O–H groups in total. The second kappa shape index (κ2) is 8.96. The second-order valence-electron chi connectivity index (χ2n) is 8.52. The standard InChI is InChI=1S/C25H28N6O/c1-16(32)28-10-9-27-14-17-4-6-22-20(11-17)13-24(29-22)25-21-12-18(5-7-23(21)30-31-25)19-3-2-8-26-15-19/h2-4,6,8,11,13,15,18,27,29H,5,7,9-10,12,14H2,1H3,(H,28,32)(H,30,31).